The molecule has 0 aliphatic rings. The molecular formula is C25H20Cl2N2O4. The van der Waals surface area contributed by atoms with Crippen molar-refractivity contribution in [2.75, 3.05) is 19.0 Å². The number of anilines is 1. The van der Waals surface area contributed by atoms with E-state index in [1.807, 2.05) is 47.2 Å². The molecule has 0 atom stereocenters. The van der Waals surface area contributed by atoms with Gasteiger partial charge >= 0.3 is 5.97 Å². The Balaban J connectivity index is 1.44. The number of nitrogens with zero attached hydrogens (tertiary/aromatic N) is 1. The number of esters is 1. The summed E-state index contributed by atoms with van der Waals surface area (Å²) in [7, 11) is 1.37. The topological polar surface area (TPSA) is 69.6 Å². The van der Waals surface area contributed by atoms with Crippen LogP contribution in [0.3, 0.4) is 0 Å². The van der Waals surface area contributed by atoms with E-state index in [1.165, 1.54) is 7.11 Å². The van der Waals surface area contributed by atoms with Gasteiger partial charge in [0.1, 0.15) is 5.75 Å². The van der Waals surface area contributed by atoms with Gasteiger partial charge in [0.15, 0.2) is 6.61 Å². The predicted octanol–water partition coefficient (Wildman–Crippen LogP) is 5.80. The van der Waals surface area contributed by atoms with Crippen molar-refractivity contribution in [2.24, 2.45) is 0 Å². The number of amides is 1. The van der Waals surface area contributed by atoms with E-state index in [0.717, 1.165) is 16.5 Å². The van der Waals surface area contributed by atoms with Gasteiger partial charge in [0, 0.05) is 28.7 Å². The minimum atomic E-state index is -0.365. The van der Waals surface area contributed by atoms with Gasteiger partial charge in [-0.2, -0.15) is 0 Å². The van der Waals surface area contributed by atoms with Crippen LogP contribution in [0.25, 0.3) is 10.9 Å². The van der Waals surface area contributed by atoms with Crippen molar-refractivity contribution in [2.45, 2.75) is 6.54 Å². The van der Waals surface area contributed by atoms with Crippen LogP contribution in [0.1, 0.15) is 15.9 Å². The first-order chi connectivity index (χ1) is 15.9. The number of hydrogen-bond donors (Lipinski definition) is 1. The van der Waals surface area contributed by atoms with Gasteiger partial charge in [-0.15, -0.1) is 0 Å². The number of benzene rings is 3. The normalized spacial score (nSPS) is 10.8. The Labute approximate surface area is 200 Å². The molecule has 0 aliphatic heterocycles. The van der Waals surface area contributed by atoms with E-state index in [2.05, 4.69) is 5.32 Å². The molecule has 0 spiro atoms. The summed E-state index contributed by atoms with van der Waals surface area (Å²) in [4.78, 5) is 24.3. The molecule has 0 saturated carbocycles. The number of methoxy groups -OCH3 is 1. The summed E-state index contributed by atoms with van der Waals surface area (Å²) in [6.45, 7) is 0.344. The number of fused-ring (bicyclic) bond motifs is 1. The molecule has 4 rings (SSSR count). The highest BCUT2D eigenvalue weighted by Crippen LogP contribution is 2.26. The first kappa shape index (κ1) is 22.7. The Morgan fingerprint density at radius 1 is 1.00 bits per heavy atom. The minimum Gasteiger partial charge on any atom is -0.484 e. The van der Waals surface area contributed by atoms with Gasteiger partial charge in [-0.1, -0.05) is 41.4 Å². The lowest BCUT2D eigenvalue weighted by molar-refractivity contribution is -0.118. The molecule has 0 aliphatic carbocycles. The smallest absolute Gasteiger partial charge is 0.338 e. The highest BCUT2D eigenvalue weighted by molar-refractivity contribution is 6.36. The summed E-state index contributed by atoms with van der Waals surface area (Å²) in [5.74, 6) is -0.139. The number of carbonyl (C=O) groups excluding carboxylic acids is 2. The molecular weight excluding hydrogens is 463 g/mol. The van der Waals surface area contributed by atoms with Gasteiger partial charge in [-0.3, -0.25) is 4.79 Å². The van der Waals surface area contributed by atoms with E-state index in [4.69, 9.17) is 32.7 Å². The van der Waals surface area contributed by atoms with Crippen LogP contribution in [0.15, 0.2) is 72.9 Å². The second kappa shape index (κ2) is 9.98. The standard InChI is InChI=1S/C25H20Cl2N2O4/c1-32-25(31)20-5-3-2-4-17(20)14-29-11-10-16-12-19(7-9-23(16)29)33-15-24(30)28-22-8-6-18(26)13-21(22)27/h2-13H,14-15H2,1H3,(H,28,30). The summed E-state index contributed by atoms with van der Waals surface area (Å²) >= 11 is 12.0. The monoisotopic (exact) mass is 482 g/mol. The van der Waals surface area contributed by atoms with Gasteiger partial charge in [0.2, 0.25) is 0 Å². The quantitative estimate of drug-likeness (QED) is 0.338. The summed E-state index contributed by atoms with van der Waals surface area (Å²) < 4.78 is 12.6. The maximum absolute atomic E-state index is 12.2. The van der Waals surface area contributed by atoms with Crippen molar-refractivity contribution in [1.29, 1.82) is 0 Å². The van der Waals surface area contributed by atoms with Crippen molar-refractivity contribution in [1.82, 2.24) is 4.57 Å². The third-order valence-corrected chi connectivity index (χ3v) is 5.63. The minimum absolute atomic E-state index is 0.169. The summed E-state index contributed by atoms with van der Waals surface area (Å²) in [6.07, 6.45) is 1.94. The molecule has 8 heteroatoms. The molecule has 0 fully saturated rings. The molecule has 0 unspecified atom stereocenters. The highest BCUT2D eigenvalue weighted by Gasteiger charge is 2.13. The molecule has 1 amide bonds. The van der Waals surface area contributed by atoms with Gasteiger partial charge in [0.25, 0.3) is 5.91 Å². The zero-order valence-corrected chi connectivity index (χ0v) is 19.2. The van der Waals surface area contributed by atoms with Crippen molar-refractivity contribution in [3.8, 4) is 5.75 Å². The van der Waals surface area contributed by atoms with Crippen LogP contribution in [-0.2, 0) is 16.1 Å². The second-order valence-electron chi connectivity index (χ2n) is 7.27. The Hall–Kier alpha value is -3.48. The Bertz CT molecular complexity index is 1330. The Morgan fingerprint density at radius 2 is 1.82 bits per heavy atom. The first-order valence-corrected chi connectivity index (χ1v) is 10.8. The molecule has 3 aromatic carbocycles. The lowest BCUT2D eigenvalue weighted by Crippen LogP contribution is -2.20. The van der Waals surface area contributed by atoms with Crippen molar-refractivity contribution >= 4 is 51.7 Å². The average molecular weight is 483 g/mol. The van der Waals surface area contributed by atoms with E-state index in [9.17, 15) is 9.59 Å². The zero-order valence-electron chi connectivity index (χ0n) is 17.7. The number of carbonyl (C=O) groups is 2. The lowest BCUT2D eigenvalue weighted by atomic mass is 10.1. The molecule has 0 radical (unpaired) electrons. The van der Waals surface area contributed by atoms with Crippen LogP contribution in [-0.4, -0.2) is 30.2 Å². The van der Waals surface area contributed by atoms with Crippen LogP contribution in [0.5, 0.6) is 5.75 Å². The fraction of sp³-hybridized carbons (Fsp3) is 0.120. The van der Waals surface area contributed by atoms with E-state index in [-0.39, 0.29) is 18.5 Å². The third kappa shape index (κ3) is 5.30. The molecule has 0 bridgehead atoms. The molecule has 1 aromatic heterocycles. The number of halogens is 2. The summed E-state index contributed by atoms with van der Waals surface area (Å²) in [5.41, 5.74) is 2.84. The SMILES string of the molecule is COC(=O)c1ccccc1Cn1ccc2cc(OCC(=O)Nc3ccc(Cl)cc3Cl)ccc21. The Kier molecular flexibility index (Phi) is 6.87. The Morgan fingerprint density at radius 3 is 2.61 bits per heavy atom. The van der Waals surface area contributed by atoms with Crippen LogP contribution in [0, 0.1) is 0 Å². The highest BCUT2D eigenvalue weighted by atomic mass is 35.5. The fourth-order valence-corrected chi connectivity index (χ4v) is 3.94. The average Bonchev–Trinajstić information content (AvgIpc) is 3.21. The molecule has 4 aromatic rings. The second-order valence-corrected chi connectivity index (χ2v) is 8.12. The number of ether oxygens (including phenoxy) is 2. The van der Waals surface area contributed by atoms with E-state index in [1.54, 1.807) is 30.3 Å². The van der Waals surface area contributed by atoms with Gasteiger partial charge in [-0.25, -0.2) is 4.79 Å². The maximum atomic E-state index is 12.2. The van der Waals surface area contributed by atoms with E-state index >= 15 is 0 Å². The first-order valence-electron chi connectivity index (χ1n) is 10.1. The van der Waals surface area contributed by atoms with Crippen LogP contribution in [0.2, 0.25) is 10.0 Å². The largest absolute Gasteiger partial charge is 0.484 e. The fourth-order valence-electron chi connectivity index (χ4n) is 3.48. The van der Waals surface area contributed by atoms with Crippen molar-refractivity contribution in [3.05, 3.63) is 94.1 Å². The van der Waals surface area contributed by atoms with Crippen molar-refractivity contribution < 1.29 is 19.1 Å². The molecule has 0 saturated heterocycles. The molecule has 1 heterocycles. The van der Waals surface area contributed by atoms with E-state index in [0.29, 0.717) is 33.6 Å². The molecule has 6 nitrogen and oxygen atoms in total. The van der Waals surface area contributed by atoms with Crippen LogP contribution >= 0.6 is 23.2 Å². The third-order valence-electron chi connectivity index (χ3n) is 5.08. The lowest BCUT2D eigenvalue weighted by Gasteiger charge is -2.11. The van der Waals surface area contributed by atoms with Gasteiger partial charge in [-0.05, 0) is 54.1 Å². The number of hydrogen-bond acceptors (Lipinski definition) is 4. The summed E-state index contributed by atoms with van der Waals surface area (Å²) in [5, 5.41) is 4.49. The number of rotatable bonds is 7. The van der Waals surface area contributed by atoms with E-state index < -0.39 is 0 Å². The predicted molar refractivity (Wildman–Crippen MR) is 129 cm³/mol. The summed E-state index contributed by atoms with van der Waals surface area (Å²) in [6, 6.07) is 19.7. The van der Waals surface area contributed by atoms with Crippen LogP contribution < -0.4 is 10.1 Å². The molecule has 168 valence electrons. The number of nitrogens with one attached hydrogen (secondary N) is 1. The van der Waals surface area contributed by atoms with Gasteiger partial charge in [0.05, 0.1) is 23.4 Å². The molecule has 1 N–H and O–H groups in total. The zero-order chi connectivity index (χ0) is 23.4. The maximum Gasteiger partial charge on any atom is 0.338 e. The number of aromatic nitrogens is 1. The molecule has 33 heavy (non-hydrogen) atoms. The van der Waals surface area contributed by atoms with Crippen LogP contribution in [0.4, 0.5) is 5.69 Å². The van der Waals surface area contributed by atoms with Gasteiger partial charge < -0.3 is 19.4 Å². The van der Waals surface area contributed by atoms with Crippen molar-refractivity contribution in [3.63, 3.8) is 0 Å².